The minimum absolute atomic E-state index is 0.150. The highest BCUT2D eigenvalue weighted by Gasteiger charge is 2.30. The molecule has 0 amide bonds. The Balaban J connectivity index is 1.95. The van der Waals surface area contributed by atoms with Crippen molar-refractivity contribution in [3.63, 3.8) is 0 Å². The molecule has 0 spiro atoms. The molecule has 3 aromatic rings. The highest BCUT2D eigenvalue weighted by atomic mass is 35.5. The predicted molar refractivity (Wildman–Crippen MR) is 89.3 cm³/mol. The second kappa shape index (κ2) is 4.94. The number of rotatable bonds is 1. The first-order valence-corrected chi connectivity index (χ1v) is 7.92. The molecule has 1 unspecified atom stereocenters. The van der Waals surface area contributed by atoms with Gasteiger partial charge >= 0.3 is 0 Å². The molecule has 0 radical (unpaired) electrons. The van der Waals surface area contributed by atoms with E-state index < -0.39 is 5.60 Å². The third-order valence-corrected chi connectivity index (χ3v) is 4.72. The summed E-state index contributed by atoms with van der Waals surface area (Å²) in [7, 11) is 0. The molecule has 2 N–H and O–H groups in total. The van der Waals surface area contributed by atoms with Crippen molar-refractivity contribution in [2.24, 2.45) is 0 Å². The molecule has 0 saturated carbocycles. The Hall–Kier alpha value is -2.11. The highest BCUT2D eigenvalue weighted by Crippen LogP contribution is 2.31. The smallest absolute Gasteiger partial charge is 0.280 e. The number of H-pyrrole nitrogens is 1. The lowest BCUT2D eigenvalue weighted by Crippen LogP contribution is -2.32. The first-order valence-electron chi connectivity index (χ1n) is 7.54. The molecule has 1 aliphatic carbocycles. The average Bonchev–Trinajstić information content (AvgIpc) is 2.85. The molecule has 5 nitrogen and oxygen atoms in total. The number of hydrogen-bond donors (Lipinski definition) is 2. The third kappa shape index (κ3) is 2.36. The standard InChI is InChI=1S/C17H16ClN3O2/c1-17(23)7-6-14-12(8-17)15-13(9-19-14)16(22)21(20-15)11-4-2-10(18)3-5-11/h2-5,9,20,23H,6-8H2,1H3. The van der Waals surface area contributed by atoms with E-state index in [2.05, 4.69) is 10.1 Å². The Bertz CT molecular complexity index is 954. The van der Waals surface area contributed by atoms with E-state index in [9.17, 15) is 9.90 Å². The van der Waals surface area contributed by atoms with Crippen molar-refractivity contribution in [1.82, 2.24) is 14.8 Å². The molecule has 1 aromatic carbocycles. The van der Waals surface area contributed by atoms with Gasteiger partial charge in [0.15, 0.2) is 0 Å². The van der Waals surface area contributed by atoms with Crippen molar-refractivity contribution < 1.29 is 5.11 Å². The van der Waals surface area contributed by atoms with E-state index >= 15 is 0 Å². The molecule has 4 rings (SSSR count). The number of benzene rings is 1. The molecule has 0 saturated heterocycles. The van der Waals surface area contributed by atoms with Gasteiger partial charge in [-0.25, -0.2) is 4.68 Å². The van der Waals surface area contributed by atoms with Gasteiger partial charge in [0.1, 0.15) is 0 Å². The van der Waals surface area contributed by atoms with Gasteiger partial charge in [-0.15, -0.1) is 0 Å². The van der Waals surface area contributed by atoms with E-state index in [0.717, 1.165) is 16.8 Å². The van der Waals surface area contributed by atoms with Crippen LogP contribution >= 0.6 is 11.6 Å². The van der Waals surface area contributed by atoms with Crippen LogP contribution in [0.1, 0.15) is 24.6 Å². The average molecular weight is 330 g/mol. The lowest BCUT2D eigenvalue weighted by Gasteiger charge is -2.29. The molecule has 1 aliphatic rings. The maximum Gasteiger partial charge on any atom is 0.280 e. The highest BCUT2D eigenvalue weighted by molar-refractivity contribution is 6.30. The van der Waals surface area contributed by atoms with Crippen LogP contribution in [0.3, 0.4) is 0 Å². The Morgan fingerprint density at radius 2 is 2.09 bits per heavy atom. The van der Waals surface area contributed by atoms with E-state index in [4.69, 9.17) is 11.6 Å². The zero-order valence-electron chi connectivity index (χ0n) is 12.6. The van der Waals surface area contributed by atoms with Crippen LogP contribution in [-0.4, -0.2) is 25.5 Å². The second-order valence-corrected chi connectivity index (χ2v) is 6.81. The molecule has 6 heteroatoms. The lowest BCUT2D eigenvalue weighted by molar-refractivity contribution is 0.0456. The summed E-state index contributed by atoms with van der Waals surface area (Å²) in [6.45, 7) is 1.82. The SMILES string of the molecule is CC1(O)CCc2ncc3c(=O)n(-c4ccc(Cl)cc4)[nH]c3c2C1. The van der Waals surface area contributed by atoms with E-state index in [1.165, 1.54) is 4.68 Å². The fourth-order valence-corrected chi connectivity index (χ4v) is 3.33. The summed E-state index contributed by atoms with van der Waals surface area (Å²) in [5, 5.41) is 14.7. The maximum absolute atomic E-state index is 12.7. The van der Waals surface area contributed by atoms with Crippen molar-refractivity contribution in [3.8, 4) is 5.69 Å². The number of fused-ring (bicyclic) bond motifs is 3. The van der Waals surface area contributed by atoms with Gasteiger partial charge in [0.25, 0.3) is 5.56 Å². The summed E-state index contributed by atoms with van der Waals surface area (Å²) in [5.41, 5.74) is 2.45. The summed E-state index contributed by atoms with van der Waals surface area (Å²) in [6, 6.07) is 7.06. The largest absolute Gasteiger partial charge is 0.390 e. The van der Waals surface area contributed by atoms with Crippen LogP contribution in [0.2, 0.25) is 5.02 Å². The van der Waals surface area contributed by atoms with Crippen molar-refractivity contribution in [2.45, 2.75) is 31.8 Å². The molecule has 23 heavy (non-hydrogen) atoms. The normalized spacial score (nSPS) is 20.7. The van der Waals surface area contributed by atoms with Crippen molar-refractivity contribution in [3.05, 3.63) is 57.1 Å². The Labute approximate surface area is 137 Å². The van der Waals surface area contributed by atoms with E-state index in [0.29, 0.717) is 35.4 Å². The van der Waals surface area contributed by atoms with Gasteiger partial charge in [0, 0.05) is 28.9 Å². The minimum atomic E-state index is -0.762. The lowest BCUT2D eigenvalue weighted by atomic mass is 9.83. The van der Waals surface area contributed by atoms with Crippen LogP contribution in [0.4, 0.5) is 0 Å². The molecule has 1 atom stereocenters. The summed E-state index contributed by atoms with van der Waals surface area (Å²) in [5.74, 6) is 0. The molecule has 2 aromatic heterocycles. The quantitative estimate of drug-likeness (QED) is 0.721. The van der Waals surface area contributed by atoms with Gasteiger partial charge < -0.3 is 5.11 Å². The van der Waals surface area contributed by atoms with Gasteiger partial charge in [-0.05, 0) is 44.0 Å². The number of nitrogens with one attached hydrogen (secondary N) is 1. The van der Waals surface area contributed by atoms with Crippen molar-refractivity contribution >= 4 is 22.5 Å². The topological polar surface area (TPSA) is 70.9 Å². The van der Waals surface area contributed by atoms with Crippen LogP contribution in [0.15, 0.2) is 35.3 Å². The number of aromatic amines is 1. The number of halogens is 1. The summed E-state index contributed by atoms with van der Waals surface area (Å²) >= 11 is 5.91. The Kier molecular flexibility index (Phi) is 3.11. The van der Waals surface area contributed by atoms with Gasteiger partial charge in [-0.2, -0.15) is 0 Å². The van der Waals surface area contributed by atoms with Crippen molar-refractivity contribution in [2.75, 3.05) is 0 Å². The Morgan fingerprint density at radius 1 is 1.35 bits per heavy atom. The molecule has 118 valence electrons. The Morgan fingerprint density at radius 3 is 2.83 bits per heavy atom. The van der Waals surface area contributed by atoms with Crippen LogP contribution in [0, 0.1) is 0 Å². The fraction of sp³-hybridized carbons (Fsp3) is 0.294. The summed E-state index contributed by atoms with van der Waals surface area (Å²) in [6.07, 6.45) is 3.51. The van der Waals surface area contributed by atoms with Gasteiger partial charge in [0.05, 0.1) is 22.2 Å². The number of pyridine rings is 1. The van der Waals surface area contributed by atoms with Crippen LogP contribution in [0.25, 0.3) is 16.6 Å². The third-order valence-electron chi connectivity index (χ3n) is 4.47. The van der Waals surface area contributed by atoms with Gasteiger partial charge in [0.2, 0.25) is 0 Å². The number of hydrogen-bond acceptors (Lipinski definition) is 3. The molecule has 0 fully saturated rings. The molecular weight excluding hydrogens is 314 g/mol. The predicted octanol–water partition coefficient (Wildman–Crippen LogP) is 2.61. The summed E-state index contributed by atoms with van der Waals surface area (Å²) in [4.78, 5) is 17.1. The van der Waals surface area contributed by atoms with Crippen LogP contribution in [-0.2, 0) is 12.8 Å². The van der Waals surface area contributed by atoms with Crippen LogP contribution in [0.5, 0.6) is 0 Å². The first kappa shape index (κ1) is 14.5. The molecular formula is C17H16ClN3O2. The number of aryl methyl sites for hydroxylation is 1. The zero-order valence-corrected chi connectivity index (χ0v) is 13.4. The van der Waals surface area contributed by atoms with E-state index in [1.54, 1.807) is 30.5 Å². The first-order chi connectivity index (χ1) is 10.9. The molecule has 2 heterocycles. The number of aromatic nitrogens is 3. The minimum Gasteiger partial charge on any atom is -0.390 e. The van der Waals surface area contributed by atoms with Gasteiger partial charge in [-0.1, -0.05) is 11.6 Å². The second-order valence-electron chi connectivity index (χ2n) is 6.37. The molecule has 0 aliphatic heterocycles. The molecule has 0 bridgehead atoms. The number of nitrogens with zero attached hydrogens (tertiary/aromatic N) is 2. The van der Waals surface area contributed by atoms with Crippen LogP contribution < -0.4 is 5.56 Å². The van der Waals surface area contributed by atoms with Gasteiger partial charge in [-0.3, -0.25) is 14.9 Å². The summed E-state index contributed by atoms with van der Waals surface area (Å²) < 4.78 is 1.49. The van der Waals surface area contributed by atoms with E-state index in [1.807, 2.05) is 6.92 Å². The monoisotopic (exact) mass is 329 g/mol. The van der Waals surface area contributed by atoms with E-state index in [-0.39, 0.29) is 5.56 Å². The van der Waals surface area contributed by atoms with Crippen molar-refractivity contribution in [1.29, 1.82) is 0 Å². The number of aliphatic hydroxyl groups is 1. The fourth-order valence-electron chi connectivity index (χ4n) is 3.20. The maximum atomic E-state index is 12.7. The zero-order chi connectivity index (χ0) is 16.2.